The van der Waals surface area contributed by atoms with Crippen LogP contribution >= 0.6 is 0 Å². The van der Waals surface area contributed by atoms with E-state index in [0.717, 1.165) is 31.0 Å². The van der Waals surface area contributed by atoms with Gasteiger partial charge in [0.05, 0.1) is 4.90 Å². The van der Waals surface area contributed by atoms with Crippen molar-refractivity contribution < 1.29 is 8.42 Å². The molecular formula is C14H21NO2S. The fraction of sp³-hybridized carbons (Fsp3) is 0.571. The number of sulfone groups is 1. The molecule has 1 aromatic carbocycles. The van der Waals surface area contributed by atoms with E-state index in [1.165, 1.54) is 24.7 Å². The van der Waals surface area contributed by atoms with Gasteiger partial charge >= 0.3 is 0 Å². The number of hydrogen-bond donors (Lipinski definition) is 1. The molecule has 1 aliphatic rings. The summed E-state index contributed by atoms with van der Waals surface area (Å²) in [5.74, 6) is 0.731. The first kappa shape index (κ1) is 13.6. The predicted octanol–water partition coefficient (Wildman–Crippen LogP) is 1.94. The summed E-state index contributed by atoms with van der Waals surface area (Å²) in [5, 5.41) is 3.36. The highest BCUT2D eigenvalue weighted by Gasteiger charge is 2.15. The molecule has 0 amide bonds. The molecule has 100 valence electrons. The Hall–Kier alpha value is -0.870. The topological polar surface area (TPSA) is 46.2 Å². The van der Waals surface area contributed by atoms with Crippen LogP contribution in [0.1, 0.15) is 24.0 Å². The summed E-state index contributed by atoms with van der Waals surface area (Å²) < 4.78 is 23.0. The van der Waals surface area contributed by atoms with E-state index in [9.17, 15) is 8.42 Å². The molecule has 0 atom stereocenters. The highest BCUT2D eigenvalue weighted by atomic mass is 32.2. The van der Waals surface area contributed by atoms with Gasteiger partial charge in [0.2, 0.25) is 0 Å². The van der Waals surface area contributed by atoms with Crippen LogP contribution in [0.5, 0.6) is 0 Å². The molecular weight excluding hydrogens is 246 g/mol. The number of aryl methyl sites for hydroxylation is 1. The van der Waals surface area contributed by atoms with E-state index < -0.39 is 9.84 Å². The van der Waals surface area contributed by atoms with Gasteiger partial charge in [-0.05, 0) is 68.5 Å². The molecule has 2 rings (SSSR count). The van der Waals surface area contributed by atoms with Gasteiger partial charge in [-0.15, -0.1) is 0 Å². The predicted molar refractivity (Wildman–Crippen MR) is 73.6 cm³/mol. The first-order valence-electron chi connectivity index (χ1n) is 6.47. The van der Waals surface area contributed by atoms with Crippen molar-refractivity contribution in [2.24, 2.45) is 5.92 Å². The molecule has 18 heavy (non-hydrogen) atoms. The summed E-state index contributed by atoms with van der Waals surface area (Å²) in [7, 11) is -3.09. The van der Waals surface area contributed by atoms with Crippen LogP contribution in [-0.2, 0) is 16.3 Å². The van der Waals surface area contributed by atoms with E-state index in [2.05, 4.69) is 5.32 Å². The average Bonchev–Trinajstić information content (AvgIpc) is 2.32. The van der Waals surface area contributed by atoms with Gasteiger partial charge in [-0.1, -0.05) is 6.07 Å². The molecule has 4 heteroatoms. The molecule has 0 aliphatic carbocycles. The summed E-state index contributed by atoms with van der Waals surface area (Å²) in [5.41, 5.74) is 2.38. The molecule has 0 radical (unpaired) electrons. The van der Waals surface area contributed by atoms with Crippen molar-refractivity contribution in [1.29, 1.82) is 0 Å². The van der Waals surface area contributed by atoms with Crippen molar-refractivity contribution in [2.45, 2.75) is 31.1 Å². The Morgan fingerprint density at radius 2 is 1.94 bits per heavy atom. The molecule has 1 N–H and O–H groups in total. The maximum absolute atomic E-state index is 11.5. The van der Waals surface area contributed by atoms with Crippen LogP contribution in [0.3, 0.4) is 0 Å². The molecule has 0 bridgehead atoms. The molecule has 0 saturated carbocycles. The minimum Gasteiger partial charge on any atom is -0.317 e. The molecule has 1 aliphatic heterocycles. The minimum atomic E-state index is -3.09. The summed E-state index contributed by atoms with van der Waals surface area (Å²) in [6.07, 6.45) is 4.76. The second-order valence-corrected chi connectivity index (χ2v) is 7.27. The quantitative estimate of drug-likeness (QED) is 0.910. The molecule has 3 nitrogen and oxygen atoms in total. The van der Waals surface area contributed by atoms with E-state index in [4.69, 9.17) is 0 Å². The zero-order valence-corrected chi connectivity index (χ0v) is 11.9. The van der Waals surface area contributed by atoms with E-state index in [1.54, 1.807) is 12.1 Å². The second kappa shape index (κ2) is 5.41. The van der Waals surface area contributed by atoms with Gasteiger partial charge in [-0.2, -0.15) is 0 Å². The van der Waals surface area contributed by atoms with Gasteiger partial charge in [-0.3, -0.25) is 0 Å². The minimum absolute atomic E-state index is 0.425. The Morgan fingerprint density at radius 1 is 1.28 bits per heavy atom. The Balaban J connectivity index is 2.14. The lowest BCUT2D eigenvalue weighted by atomic mass is 9.89. The maximum atomic E-state index is 11.5. The molecule has 0 aromatic heterocycles. The number of hydrogen-bond acceptors (Lipinski definition) is 3. The Labute approximate surface area is 110 Å². The fourth-order valence-corrected chi connectivity index (χ4v) is 3.23. The summed E-state index contributed by atoms with van der Waals surface area (Å²) >= 11 is 0. The SMILES string of the molecule is Cc1cc(S(C)(=O)=O)ccc1CC1CCNCC1. The lowest BCUT2D eigenvalue weighted by Crippen LogP contribution is -2.28. The van der Waals surface area contributed by atoms with Crippen LogP contribution in [0.15, 0.2) is 23.1 Å². The van der Waals surface area contributed by atoms with Crippen LogP contribution in [0.4, 0.5) is 0 Å². The third-order valence-corrected chi connectivity index (χ3v) is 4.82. The first-order valence-corrected chi connectivity index (χ1v) is 8.36. The third-order valence-electron chi connectivity index (χ3n) is 3.71. The van der Waals surface area contributed by atoms with Crippen molar-refractivity contribution in [1.82, 2.24) is 5.32 Å². The van der Waals surface area contributed by atoms with E-state index in [-0.39, 0.29) is 0 Å². The van der Waals surface area contributed by atoms with Crippen LogP contribution in [-0.4, -0.2) is 27.8 Å². The average molecular weight is 267 g/mol. The van der Waals surface area contributed by atoms with Crippen molar-refractivity contribution in [2.75, 3.05) is 19.3 Å². The van der Waals surface area contributed by atoms with Crippen LogP contribution in [0, 0.1) is 12.8 Å². The Morgan fingerprint density at radius 3 is 2.50 bits per heavy atom. The standard InChI is InChI=1S/C14H21NO2S/c1-11-9-14(18(2,16)17)4-3-13(11)10-12-5-7-15-8-6-12/h3-4,9,12,15H,5-8,10H2,1-2H3. The third kappa shape index (κ3) is 3.33. The van der Waals surface area contributed by atoms with Gasteiger partial charge in [0, 0.05) is 6.26 Å². The van der Waals surface area contributed by atoms with Crippen molar-refractivity contribution in [3.63, 3.8) is 0 Å². The van der Waals surface area contributed by atoms with E-state index >= 15 is 0 Å². The van der Waals surface area contributed by atoms with Crippen molar-refractivity contribution in [3.05, 3.63) is 29.3 Å². The molecule has 0 unspecified atom stereocenters. The lowest BCUT2D eigenvalue weighted by molar-refractivity contribution is 0.372. The van der Waals surface area contributed by atoms with Gasteiger partial charge in [-0.25, -0.2) is 8.42 Å². The molecule has 1 aromatic rings. The maximum Gasteiger partial charge on any atom is 0.175 e. The number of benzene rings is 1. The molecule has 1 fully saturated rings. The van der Waals surface area contributed by atoms with Gasteiger partial charge in [0.25, 0.3) is 0 Å². The van der Waals surface area contributed by atoms with E-state index in [0.29, 0.717) is 4.90 Å². The summed E-state index contributed by atoms with van der Waals surface area (Å²) in [6, 6.07) is 5.51. The fourth-order valence-electron chi connectivity index (χ4n) is 2.52. The van der Waals surface area contributed by atoms with Crippen LogP contribution in [0.2, 0.25) is 0 Å². The van der Waals surface area contributed by atoms with E-state index in [1.807, 2.05) is 13.0 Å². The Kier molecular flexibility index (Phi) is 4.07. The zero-order valence-electron chi connectivity index (χ0n) is 11.1. The normalized spacial score (nSPS) is 17.9. The molecule has 0 spiro atoms. The van der Waals surface area contributed by atoms with Crippen molar-refractivity contribution in [3.8, 4) is 0 Å². The van der Waals surface area contributed by atoms with Gasteiger partial charge < -0.3 is 5.32 Å². The van der Waals surface area contributed by atoms with Gasteiger partial charge in [0.1, 0.15) is 0 Å². The summed E-state index contributed by atoms with van der Waals surface area (Å²) in [4.78, 5) is 0.425. The van der Waals surface area contributed by atoms with Crippen LogP contribution < -0.4 is 5.32 Å². The van der Waals surface area contributed by atoms with Crippen molar-refractivity contribution >= 4 is 9.84 Å². The number of nitrogens with one attached hydrogen (secondary N) is 1. The lowest BCUT2D eigenvalue weighted by Gasteiger charge is -2.23. The zero-order chi connectivity index (χ0) is 13.2. The van der Waals surface area contributed by atoms with Gasteiger partial charge in [0.15, 0.2) is 9.84 Å². The number of rotatable bonds is 3. The first-order chi connectivity index (χ1) is 8.47. The highest BCUT2D eigenvalue weighted by Crippen LogP contribution is 2.22. The monoisotopic (exact) mass is 267 g/mol. The Bertz CT molecular complexity index is 517. The smallest absolute Gasteiger partial charge is 0.175 e. The largest absolute Gasteiger partial charge is 0.317 e. The molecule has 1 heterocycles. The van der Waals surface area contributed by atoms with Crippen LogP contribution in [0.25, 0.3) is 0 Å². The molecule has 1 saturated heterocycles. The highest BCUT2D eigenvalue weighted by molar-refractivity contribution is 7.90. The number of piperidine rings is 1. The second-order valence-electron chi connectivity index (χ2n) is 5.26. The summed E-state index contributed by atoms with van der Waals surface area (Å²) in [6.45, 7) is 4.21.